The predicted molar refractivity (Wildman–Crippen MR) is 70.5 cm³/mol. The molecule has 0 N–H and O–H groups in total. The fourth-order valence-corrected chi connectivity index (χ4v) is 1.83. The molecule has 2 rings (SSSR count). The zero-order valence-electron chi connectivity index (χ0n) is 10.5. The van der Waals surface area contributed by atoms with E-state index in [1.807, 2.05) is 24.3 Å². The van der Waals surface area contributed by atoms with E-state index in [4.69, 9.17) is 0 Å². The summed E-state index contributed by atoms with van der Waals surface area (Å²) >= 11 is 0. The number of benzene rings is 1. The van der Waals surface area contributed by atoms with Gasteiger partial charge in [0, 0.05) is 24.2 Å². The summed E-state index contributed by atoms with van der Waals surface area (Å²) in [5.41, 5.74) is 2.72. The van der Waals surface area contributed by atoms with Gasteiger partial charge in [0.25, 0.3) is 0 Å². The van der Waals surface area contributed by atoms with Crippen molar-refractivity contribution >= 4 is 5.78 Å². The van der Waals surface area contributed by atoms with E-state index >= 15 is 0 Å². The molecule has 1 aromatic heterocycles. The topological polar surface area (TPSA) is 42.9 Å². The van der Waals surface area contributed by atoms with Crippen LogP contribution in [0.4, 0.5) is 0 Å². The Morgan fingerprint density at radius 3 is 2.56 bits per heavy atom. The molecular formula is C15H16N2O. The molecule has 0 fully saturated rings. The lowest BCUT2D eigenvalue weighted by atomic mass is 10.0. The maximum Gasteiger partial charge on any atom is 0.168 e. The normalized spacial score (nSPS) is 10.3. The van der Waals surface area contributed by atoms with Crippen molar-refractivity contribution in [3.63, 3.8) is 0 Å². The lowest BCUT2D eigenvalue weighted by Gasteiger charge is -2.02. The van der Waals surface area contributed by atoms with Crippen LogP contribution in [0.2, 0.25) is 0 Å². The molecule has 0 amide bonds. The van der Waals surface area contributed by atoms with Crippen molar-refractivity contribution in [3.05, 3.63) is 59.7 Å². The number of nitrogens with zero attached hydrogens (tertiary/aromatic N) is 2. The van der Waals surface area contributed by atoms with E-state index in [2.05, 4.69) is 16.9 Å². The summed E-state index contributed by atoms with van der Waals surface area (Å²) < 4.78 is 0. The number of rotatable bonds is 5. The highest BCUT2D eigenvalue weighted by Gasteiger charge is 2.07. The standard InChI is InChI=1S/C15H16N2O/c1-2-3-12-4-6-13(7-5-12)15(18)10-14-11-16-8-9-17-14/h4-9,11H,2-3,10H2,1H3. The summed E-state index contributed by atoms with van der Waals surface area (Å²) in [6, 6.07) is 7.83. The summed E-state index contributed by atoms with van der Waals surface area (Å²) in [5, 5.41) is 0. The molecule has 0 unspecified atom stereocenters. The smallest absolute Gasteiger partial charge is 0.168 e. The lowest BCUT2D eigenvalue weighted by molar-refractivity contribution is 0.0992. The SMILES string of the molecule is CCCc1ccc(C(=O)Cc2cnccn2)cc1. The van der Waals surface area contributed by atoms with Gasteiger partial charge in [-0.2, -0.15) is 0 Å². The van der Waals surface area contributed by atoms with Crippen molar-refractivity contribution in [3.8, 4) is 0 Å². The van der Waals surface area contributed by atoms with Crippen LogP contribution in [0.3, 0.4) is 0 Å². The molecule has 18 heavy (non-hydrogen) atoms. The summed E-state index contributed by atoms with van der Waals surface area (Å²) in [4.78, 5) is 20.1. The number of aromatic nitrogens is 2. The molecule has 92 valence electrons. The maximum absolute atomic E-state index is 12.0. The van der Waals surface area contributed by atoms with Crippen LogP contribution < -0.4 is 0 Å². The van der Waals surface area contributed by atoms with E-state index in [1.165, 1.54) is 5.56 Å². The predicted octanol–water partition coefficient (Wildman–Crippen LogP) is 2.85. The second kappa shape index (κ2) is 6.05. The van der Waals surface area contributed by atoms with E-state index in [-0.39, 0.29) is 5.78 Å². The van der Waals surface area contributed by atoms with Gasteiger partial charge in [-0.3, -0.25) is 14.8 Å². The van der Waals surface area contributed by atoms with Gasteiger partial charge in [0.15, 0.2) is 5.78 Å². The van der Waals surface area contributed by atoms with Crippen LogP contribution in [0.25, 0.3) is 0 Å². The molecule has 0 radical (unpaired) electrons. The lowest BCUT2D eigenvalue weighted by Crippen LogP contribution is -2.05. The van der Waals surface area contributed by atoms with Crippen LogP contribution >= 0.6 is 0 Å². The summed E-state index contributed by atoms with van der Waals surface area (Å²) in [5.74, 6) is 0.0820. The van der Waals surface area contributed by atoms with Crippen molar-refractivity contribution in [2.24, 2.45) is 0 Å². The molecule has 0 spiro atoms. The Hall–Kier alpha value is -2.03. The summed E-state index contributed by atoms with van der Waals surface area (Å²) in [7, 11) is 0. The first kappa shape index (κ1) is 12.4. The van der Waals surface area contributed by atoms with Crippen molar-refractivity contribution < 1.29 is 4.79 Å². The number of carbonyl (C=O) groups is 1. The third kappa shape index (κ3) is 3.23. The van der Waals surface area contributed by atoms with Gasteiger partial charge >= 0.3 is 0 Å². The van der Waals surface area contributed by atoms with Crippen LogP contribution in [0.15, 0.2) is 42.9 Å². The first-order valence-electron chi connectivity index (χ1n) is 6.16. The first-order chi connectivity index (χ1) is 8.79. The van der Waals surface area contributed by atoms with E-state index in [0.717, 1.165) is 18.4 Å². The zero-order chi connectivity index (χ0) is 12.8. The van der Waals surface area contributed by atoms with Crippen LogP contribution in [0.5, 0.6) is 0 Å². The highest BCUT2D eigenvalue weighted by atomic mass is 16.1. The highest BCUT2D eigenvalue weighted by Crippen LogP contribution is 2.09. The van der Waals surface area contributed by atoms with Crippen LogP contribution in [-0.4, -0.2) is 15.8 Å². The second-order valence-electron chi connectivity index (χ2n) is 4.24. The van der Waals surface area contributed by atoms with E-state index in [0.29, 0.717) is 12.1 Å². The average Bonchev–Trinajstić information content (AvgIpc) is 2.41. The minimum absolute atomic E-state index is 0.0820. The molecule has 0 bridgehead atoms. The Morgan fingerprint density at radius 1 is 1.17 bits per heavy atom. The van der Waals surface area contributed by atoms with Gasteiger partial charge in [0.1, 0.15) is 0 Å². The Bertz CT molecular complexity index is 506. The Labute approximate surface area is 107 Å². The fraction of sp³-hybridized carbons (Fsp3) is 0.267. The molecule has 0 saturated heterocycles. The van der Waals surface area contributed by atoms with Crippen LogP contribution in [-0.2, 0) is 12.8 Å². The Balaban J connectivity index is 2.05. The van der Waals surface area contributed by atoms with Gasteiger partial charge in [-0.1, -0.05) is 37.6 Å². The van der Waals surface area contributed by atoms with Gasteiger partial charge in [0.2, 0.25) is 0 Å². The largest absolute Gasteiger partial charge is 0.294 e. The third-order valence-electron chi connectivity index (χ3n) is 2.77. The molecule has 0 saturated carbocycles. The molecule has 0 atom stereocenters. The molecule has 2 aromatic rings. The molecule has 0 aliphatic heterocycles. The first-order valence-corrected chi connectivity index (χ1v) is 6.16. The van der Waals surface area contributed by atoms with E-state index in [1.54, 1.807) is 18.6 Å². The van der Waals surface area contributed by atoms with Gasteiger partial charge in [-0.15, -0.1) is 0 Å². The highest BCUT2D eigenvalue weighted by molar-refractivity contribution is 5.97. The monoisotopic (exact) mass is 240 g/mol. The van der Waals surface area contributed by atoms with Crippen molar-refractivity contribution in [2.75, 3.05) is 0 Å². The zero-order valence-corrected chi connectivity index (χ0v) is 10.5. The van der Waals surface area contributed by atoms with Gasteiger partial charge in [-0.25, -0.2) is 0 Å². The van der Waals surface area contributed by atoms with Gasteiger partial charge in [-0.05, 0) is 12.0 Å². The maximum atomic E-state index is 12.0. The number of ketones is 1. The minimum Gasteiger partial charge on any atom is -0.294 e. The van der Waals surface area contributed by atoms with E-state index in [9.17, 15) is 4.79 Å². The average molecular weight is 240 g/mol. The second-order valence-corrected chi connectivity index (χ2v) is 4.24. The van der Waals surface area contributed by atoms with E-state index < -0.39 is 0 Å². The van der Waals surface area contributed by atoms with Gasteiger partial charge < -0.3 is 0 Å². The minimum atomic E-state index is 0.0820. The summed E-state index contributed by atoms with van der Waals surface area (Å²) in [6.45, 7) is 2.15. The Kier molecular flexibility index (Phi) is 4.18. The number of carbonyl (C=O) groups excluding carboxylic acids is 1. The van der Waals surface area contributed by atoms with Crippen LogP contribution in [0, 0.1) is 0 Å². The van der Waals surface area contributed by atoms with Crippen molar-refractivity contribution in [2.45, 2.75) is 26.2 Å². The Morgan fingerprint density at radius 2 is 1.94 bits per heavy atom. The van der Waals surface area contributed by atoms with Crippen LogP contribution in [0.1, 0.15) is 35.0 Å². The number of aryl methyl sites for hydroxylation is 1. The van der Waals surface area contributed by atoms with Crippen molar-refractivity contribution in [1.29, 1.82) is 0 Å². The van der Waals surface area contributed by atoms with Crippen molar-refractivity contribution in [1.82, 2.24) is 9.97 Å². The molecule has 1 aromatic carbocycles. The molecule has 3 heteroatoms. The number of hydrogen-bond donors (Lipinski definition) is 0. The third-order valence-corrected chi connectivity index (χ3v) is 2.77. The molecular weight excluding hydrogens is 224 g/mol. The van der Waals surface area contributed by atoms with Gasteiger partial charge in [0.05, 0.1) is 12.1 Å². The molecule has 0 aliphatic rings. The number of Topliss-reactive ketones (excluding diaryl/α,β-unsaturated/α-hetero) is 1. The quantitative estimate of drug-likeness (QED) is 0.755. The summed E-state index contributed by atoms with van der Waals surface area (Å²) in [6.07, 6.45) is 7.32. The molecule has 0 aliphatic carbocycles. The number of hydrogen-bond acceptors (Lipinski definition) is 3. The molecule has 1 heterocycles. The molecule has 3 nitrogen and oxygen atoms in total. The fourth-order valence-electron chi connectivity index (χ4n) is 1.83.